The largest absolute Gasteiger partial charge is 0.508 e. The zero-order chi connectivity index (χ0) is 72.1. The number of nitrogens with one attached hydrogen (secondary N) is 10. The standard InChI is InChI=1S/C63H88N14O20/c1-33(53(86)70-42(63(96)97)17-10-11-25-64)68-62(95)52(35(3)80)76-58(91)44(28-37-15-8-5-9-16-37)73-60(93)47-18-12-26-77(47)49(83)31-67-61(94)51(34(2)79)75-59(92)46(32-78)74-55(88)41(23-24-50(84)85)69-56(89)43(29-38-19-21-39(81)22-20-38)72-57(90)45(30-48(66)82)71-54(87)40(65)27-36-13-6-4-7-14-36/h4-9,13-16,19-22,33-35,40-47,51-52,78-81H,10-12,17-18,23-32,64-65H2,1-3H3,(H2,66,82)(H,67,94)(H,68,95)(H,69,89)(H,70,86)(H,71,87)(H,72,90)(H,73,93)(H,74,88)(H,75,92)(H,76,91)(H,84,85)(H,96,97)/t33-,34+,35+,40-,41-,42-,43-,44-,45-,46-,47-,51-,52-/m0/s1. The van der Waals surface area contributed by atoms with E-state index < -0.39 is 200 Å². The molecule has 0 spiro atoms. The molecule has 34 heteroatoms. The fraction of sp³-hybridized carbons (Fsp3) is 0.492. The van der Waals surface area contributed by atoms with Gasteiger partial charge >= 0.3 is 11.9 Å². The number of nitrogens with two attached hydrogens (primary N) is 3. The van der Waals surface area contributed by atoms with Crippen molar-refractivity contribution in [2.24, 2.45) is 17.2 Å². The summed E-state index contributed by atoms with van der Waals surface area (Å²) in [4.78, 5) is 188. The van der Waals surface area contributed by atoms with Gasteiger partial charge in [-0.1, -0.05) is 72.8 Å². The molecule has 0 bridgehead atoms. The Morgan fingerprint density at radius 3 is 1.57 bits per heavy atom. The molecule has 22 N–H and O–H groups in total. The van der Waals surface area contributed by atoms with Crippen molar-refractivity contribution in [1.82, 2.24) is 58.1 Å². The number of phenolic OH excluding ortho intramolecular Hbond substituents is 1. The van der Waals surface area contributed by atoms with Crippen LogP contribution >= 0.6 is 0 Å². The average Bonchev–Trinajstić information content (AvgIpc) is 1.81. The molecule has 530 valence electrons. The second-order valence-electron chi connectivity index (χ2n) is 23.3. The van der Waals surface area contributed by atoms with Crippen molar-refractivity contribution in [3.63, 3.8) is 0 Å². The summed E-state index contributed by atoms with van der Waals surface area (Å²) in [6, 6.07) is 4.65. The molecule has 12 amide bonds. The lowest BCUT2D eigenvalue weighted by Crippen LogP contribution is -2.61. The molecule has 3 aromatic rings. The molecule has 34 nitrogen and oxygen atoms in total. The Balaban J connectivity index is 1.45. The Morgan fingerprint density at radius 1 is 0.536 bits per heavy atom. The molecule has 1 heterocycles. The van der Waals surface area contributed by atoms with Crippen LogP contribution in [0.5, 0.6) is 5.75 Å². The maximum Gasteiger partial charge on any atom is 0.326 e. The van der Waals surface area contributed by atoms with Gasteiger partial charge < -0.3 is 106 Å². The molecule has 13 atom stereocenters. The molecule has 0 aliphatic carbocycles. The number of nitrogens with zero attached hydrogens (tertiary/aromatic N) is 1. The highest BCUT2D eigenvalue weighted by molar-refractivity contribution is 6.00. The first-order valence-electron chi connectivity index (χ1n) is 31.2. The number of benzene rings is 3. The molecular weight excluding hydrogens is 1270 g/mol. The van der Waals surface area contributed by atoms with E-state index in [9.17, 15) is 97.8 Å². The number of hydrogen-bond donors (Lipinski definition) is 19. The Morgan fingerprint density at radius 2 is 1.02 bits per heavy atom. The number of carboxylic acid groups (broad SMARTS) is 2. The van der Waals surface area contributed by atoms with Gasteiger partial charge in [-0.2, -0.15) is 0 Å². The molecule has 1 aliphatic heterocycles. The fourth-order valence-electron chi connectivity index (χ4n) is 10.0. The van der Waals surface area contributed by atoms with Gasteiger partial charge in [0, 0.05) is 25.8 Å². The molecule has 0 radical (unpaired) electrons. The highest BCUT2D eigenvalue weighted by atomic mass is 16.4. The minimum atomic E-state index is -1.99. The molecule has 0 unspecified atom stereocenters. The molecular formula is C63H88N14O20. The monoisotopic (exact) mass is 1360 g/mol. The Bertz CT molecular complexity index is 3220. The number of hydrogen-bond acceptors (Lipinski definition) is 20. The normalized spacial score (nSPS) is 16.3. The summed E-state index contributed by atoms with van der Waals surface area (Å²) >= 11 is 0. The molecule has 3 aromatic carbocycles. The van der Waals surface area contributed by atoms with Crippen LogP contribution in [-0.4, -0.2) is 223 Å². The van der Waals surface area contributed by atoms with E-state index in [2.05, 4.69) is 53.2 Å². The van der Waals surface area contributed by atoms with Gasteiger partial charge in [-0.15, -0.1) is 0 Å². The first-order chi connectivity index (χ1) is 45.9. The number of likely N-dealkylation sites (tertiary alicyclic amines) is 1. The zero-order valence-corrected chi connectivity index (χ0v) is 53.8. The highest BCUT2D eigenvalue weighted by Gasteiger charge is 2.40. The van der Waals surface area contributed by atoms with Crippen LogP contribution in [0, 0.1) is 0 Å². The lowest BCUT2D eigenvalue weighted by Gasteiger charge is -2.29. The number of aliphatic carboxylic acids is 2. The van der Waals surface area contributed by atoms with Crippen LogP contribution in [0.1, 0.15) is 88.8 Å². The molecule has 0 saturated carbocycles. The quantitative estimate of drug-likeness (QED) is 0.0236. The molecule has 97 heavy (non-hydrogen) atoms. The summed E-state index contributed by atoms with van der Waals surface area (Å²) in [7, 11) is 0. The topological polar surface area (TPSA) is 562 Å². The van der Waals surface area contributed by atoms with Crippen molar-refractivity contribution in [1.29, 1.82) is 0 Å². The summed E-state index contributed by atoms with van der Waals surface area (Å²) in [5.41, 5.74) is 18.5. The third kappa shape index (κ3) is 26.5. The van der Waals surface area contributed by atoms with Gasteiger partial charge in [-0.3, -0.25) is 62.3 Å². The van der Waals surface area contributed by atoms with Crippen LogP contribution in [0.2, 0.25) is 0 Å². The van der Waals surface area contributed by atoms with Gasteiger partial charge in [0.2, 0.25) is 70.9 Å². The van der Waals surface area contributed by atoms with Gasteiger partial charge in [0.25, 0.3) is 0 Å². The predicted octanol–water partition coefficient (Wildman–Crippen LogP) is -6.05. The lowest BCUT2D eigenvalue weighted by molar-refractivity contribution is -0.142. The smallest absolute Gasteiger partial charge is 0.326 e. The van der Waals surface area contributed by atoms with E-state index in [0.717, 1.165) is 11.8 Å². The van der Waals surface area contributed by atoms with Crippen molar-refractivity contribution < 1.29 is 97.8 Å². The second kappa shape index (κ2) is 39.6. The Labute approximate surface area is 557 Å². The molecule has 1 saturated heterocycles. The minimum Gasteiger partial charge on any atom is -0.508 e. The van der Waals surface area contributed by atoms with Gasteiger partial charge in [-0.25, -0.2) is 4.79 Å². The van der Waals surface area contributed by atoms with Crippen molar-refractivity contribution in [3.8, 4) is 5.75 Å². The maximum absolute atomic E-state index is 14.2. The van der Waals surface area contributed by atoms with Crippen LogP contribution in [0.25, 0.3) is 0 Å². The highest BCUT2D eigenvalue weighted by Crippen LogP contribution is 2.19. The first kappa shape index (κ1) is 79.3. The number of aromatic hydroxyl groups is 1. The van der Waals surface area contributed by atoms with Crippen LogP contribution < -0.4 is 70.4 Å². The van der Waals surface area contributed by atoms with Crippen LogP contribution in [-0.2, 0) is 86.4 Å². The van der Waals surface area contributed by atoms with Crippen LogP contribution in [0.3, 0.4) is 0 Å². The first-order valence-corrected chi connectivity index (χ1v) is 31.2. The Hall–Kier alpha value is -10.2. The summed E-state index contributed by atoms with van der Waals surface area (Å²) in [6.45, 7) is 1.72. The third-order valence-corrected chi connectivity index (χ3v) is 15.4. The molecule has 4 rings (SSSR count). The van der Waals surface area contributed by atoms with E-state index in [1.165, 1.54) is 38.1 Å². The zero-order valence-electron chi connectivity index (χ0n) is 53.8. The maximum atomic E-state index is 14.2. The summed E-state index contributed by atoms with van der Waals surface area (Å²) in [6.07, 6.45) is -4.85. The second-order valence-corrected chi connectivity index (χ2v) is 23.3. The number of primary amides is 1. The van der Waals surface area contributed by atoms with E-state index in [0.29, 0.717) is 36.1 Å². The van der Waals surface area contributed by atoms with E-state index in [4.69, 9.17) is 17.2 Å². The number of unbranched alkanes of at least 4 members (excludes halogenated alkanes) is 1. The van der Waals surface area contributed by atoms with Gasteiger partial charge in [-0.05, 0) is 101 Å². The van der Waals surface area contributed by atoms with E-state index >= 15 is 0 Å². The van der Waals surface area contributed by atoms with Crippen molar-refractivity contribution in [3.05, 3.63) is 102 Å². The SMILES string of the molecule is C[C@H](NC(=O)[C@@H](NC(=O)[C@H](Cc1ccccc1)NC(=O)[C@@H]1CCCN1C(=O)CNC(=O)[C@@H](NC(=O)[C@H](CO)NC(=O)[C@H](CCC(=O)O)NC(=O)[C@H](Cc1ccc(O)cc1)NC(=O)[C@H](CC(N)=O)NC(=O)[C@@H](N)Cc1ccccc1)[C@@H](C)O)[C@@H](C)O)C(=O)N[C@@H](CCCCN)C(=O)O. The molecule has 0 aromatic heterocycles. The minimum absolute atomic E-state index is 0.0207. The lowest BCUT2D eigenvalue weighted by atomic mass is 10.0. The Kier molecular flexibility index (Phi) is 32.4. The number of aliphatic hydroxyl groups is 3. The van der Waals surface area contributed by atoms with E-state index in [-0.39, 0.29) is 44.4 Å². The van der Waals surface area contributed by atoms with Crippen molar-refractivity contribution >= 4 is 82.8 Å². The van der Waals surface area contributed by atoms with Gasteiger partial charge in [0.15, 0.2) is 0 Å². The number of phenols is 1. The van der Waals surface area contributed by atoms with Gasteiger partial charge in [0.1, 0.15) is 66.2 Å². The van der Waals surface area contributed by atoms with Crippen LogP contribution in [0.4, 0.5) is 0 Å². The average molecular weight is 1360 g/mol. The van der Waals surface area contributed by atoms with E-state index in [1.807, 2.05) is 0 Å². The molecule has 1 aliphatic rings. The van der Waals surface area contributed by atoms with Crippen molar-refractivity contribution in [2.45, 2.75) is 170 Å². The fourth-order valence-corrected chi connectivity index (χ4v) is 10.0. The summed E-state index contributed by atoms with van der Waals surface area (Å²) in [5, 5.41) is 84.3. The number of carbonyl (C=O) groups is 14. The van der Waals surface area contributed by atoms with Gasteiger partial charge in [0.05, 0.1) is 37.8 Å². The summed E-state index contributed by atoms with van der Waals surface area (Å²) in [5.74, 6) is -15.5. The summed E-state index contributed by atoms with van der Waals surface area (Å²) < 4.78 is 0. The predicted molar refractivity (Wildman–Crippen MR) is 343 cm³/mol. The number of aliphatic hydroxyl groups excluding tert-OH is 3. The van der Waals surface area contributed by atoms with Crippen molar-refractivity contribution in [2.75, 3.05) is 26.2 Å². The third-order valence-electron chi connectivity index (χ3n) is 15.4. The number of amides is 12. The molecule has 1 fully saturated rings. The van der Waals surface area contributed by atoms with E-state index in [1.54, 1.807) is 60.7 Å². The van der Waals surface area contributed by atoms with Crippen LogP contribution in [0.15, 0.2) is 84.9 Å². The number of rotatable bonds is 40. The number of carboxylic acids is 2. The number of carbonyl (C=O) groups excluding carboxylic acids is 12.